The fourth-order valence-corrected chi connectivity index (χ4v) is 5.92. The number of benzene rings is 2. The molecule has 1 saturated heterocycles. The van der Waals surface area contributed by atoms with Gasteiger partial charge in [-0.1, -0.05) is 41.7 Å². The van der Waals surface area contributed by atoms with Crippen LogP contribution in [0.1, 0.15) is 30.2 Å². The Bertz CT molecular complexity index is 1170. The number of amides is 1. The van der Waals surface area contributed by atoms with Gasteiger partial charge >= 0.3 is 0 Å². The molecule has 0 bridgehead atoms. The largest absolute Gasteiger partial charge is 0.342 e. The molecule has 1 aromatic heterocycles. The maximum Gasteiger partial charge on any atom is 0.223 e. The van der Waals surface area contributed by atoms with Crippen LogP contribution in [0.5, 0.6) is 0 Å². The quantitative estimate of drug-likeness (QED) is 0.558. The van der Waals surface area contributed by atoms with Gasteiger partial charge in [-0.3, -0.25) is 4.79 Å². The number of sulfone groups is 1. The van der Waals surface area contributed by atoms with Crippen molar-refractivity contribution in [2.24, 2.45) is 0 Å². The Morgan fingerprint density at radius 2 is 1.84 bits per heavy atom. The molecule has 3 aromatic rings. The van der Waals surface area contributed by atoms with Gasteiger partial charge in [0.1, 0.15) is 10.8 Å². The summed E-state index contributed by atoms with van der Waals surface area (Å²) in [4.78, 5) is 14.6. The maximum atomic E-state index is 14.0. The van der Waals surface area contributed by atoms with Crippen LogP contribution in [0.25, 0.3) is 10.6 Å². The molecule has 0 unspecified atom stereocenters. The Morgan fingerprint density at radius 1 is 1.10 bits per heavy atom. The van der Waals surface area contributed by atoms with Crippen LogP contribution >= 0.6 is 11.3 Å². The lowest BCUT2D eigenvalue weighted by Gasteiger charge is -2.31. The van der Waals surface area contributed by atoms with Crippen LogP contribution in [0, 0.1) is 5.82 Å². The van der Waals surface area contributed by atoms with Crippen molar-refractivity contribution >= 4 is 27.1 Å². The molecule has 4 rings (SSSR count). The van der Waals surface area contributed by atoms with Crippen molar-refractivity contribution in [2.75, 3.05) is 18.8 Å². The van der Waals surface area contributed by atoms with E-state index in [0.717, 1.165) is 17.8 Å². The molecule has 6 nitrogen and oxygen atoms in total. The molecule has 1 atom stereocenters. The highest BCUT2D eigenvalue weighted by atomic mass is 32.2. The molecule has 9 heteroatoms. The second kappa shape index (κ2) is 9.23. The summed E-state index contributed by atoms with van der Waals surface area (Å²) >= 11 is 1.34. The standard InChI is InChI=1S/C22H22FN3O3S2/c23-19-11-5-4-10-18(19)22-25-24-21(30-22)16-7-6-13-26(15-16)20(27)12-14-31(28,29)17-8-2-1-3-9-17/h1-5,8-11,16H,6-7,12-15H2/t16-/m1/s1. The lowest BCUT2D eigenvalue weighted by molar-refractivity contribution is -0.132. The Morgan fingerprint density at radius 3 is 2.61 bits per heavy atom. The second-order valence-corrected chi connectivity index (χ2v) is 10.6. The lowest BCUT2D eigenvalue weighted by atomic mass is 9.98. The molecule has 2 aromatic carbocycles. The molecule has 162 valence electrons. The van der Waals surface area contributed by atoms with Crippen molar-refractivity contribution in [1.29, 1.82) is 0 Å². The van der Waals surface area contributed by atoms with Gasteiger partial charge in [-0.15, -0.1) is 10.2 Å². The number of halogens is 1. The van der Waals surface area contributed by atoms with Crippen molar-refractivity contribution in [2.45, 2.75) is 30.1 Å². The van der Waals surface area contributed by atoms with E-state index in [9.17, 15) is 17.6 Å². The van der Waals surface area contributed by atoms with Crippen molar-refractivity contribution in [1.82, 2.24) is 15.1 Å². The average Bonchev–Trinajstić information content (AvgIpc) is 3.29. The zero-order valence-corrected chi connectivity index (χ0v) is 18.4. The summed E-state index contributed by atoms with van der Waals surface area (Å²) in [7, 11) is -3.49. The number of rotatable bonds is 6. The fraction of sp³-hybridized carbons (Fsp3) is 0.318. The highest BCUT2D eigenvalue weighted by Gasteiger charge is 2.28. The van der Waals surface area contributed by atoms with Crippen LogP contribution < -0.4 is 0 Å². The topological polar surface area (TPSA) is 80.2 Å². The van der Waals surface area contributed by atoms with Gasteiger partial charge in [0.05, 0.1) is 10.6 Å². The summed E-state index contributed by atoms with van der Waals surface area (Å²) in [5.74, 6) is -0.720. The van der Waals surface area contributed by atoms with E-state index >= 15 is 0 Å². The number of carbonyl (C=O) groups is 1. The van der Waals surface area contributed by atoms with Crippen LogP contribution in [0.3, 0.4) is 0 Å². The van der Waals surface area contributed by atoms with Crippen molar-refractivity contribution < 1.29 is 17.6 Å². The molecular formula is C22H22FN3O3S2. The number of aromatic nitrogens is 2. The van der Waals surface area contributed by atoms with Gasteiger partial charge in [0.25, 0.3) is 0 Å². The highest BCUT2D eigenvalue weighted by molar-refractivity contribution is 7.91. The molecule has 0 spiro atoms. The third kappa shape index (κ3) is 4.99. The van der Waals surface area contributed by atoms with E-state index in [-0.39, 0.29) is 34.7 Å². The minimum absolute atomic E-state index is 0.0152. The van der Waals surface area contributed by atoms with Crippen LogP contribution in [-0.2, 0) is 14.6 Å². The summed E-state index contributed by atoms with van der Waals surface area (Å²) in [6.07, 6.45) is 1.61. The van der Waals surface area contributed by atoms with Gasteiger partial charge < -0.3 is 4.90 Å². The first kappa shape index (κ1) is 21.6. The third-order valence-electron chi connectivity index (χ3n) is 5.36. The summed E-state index contributed by atoms with van der Waals surface area (Å²) < 4.78 is 38.9. The minimum Gasteiger partial charge on any atom is -0.342 e. The van der Waals surface area contributed by atoms with Crippen LogP contribution in [0.2, 0.25) is 0 Å². The maximum absolute atomic E-state index is 14.0. The van der Waals surface area contributed by atoms with Crippen LogP contribution in [0.15, 0.2) is 59.5 Å². The van der Waals surface area contributed by atoms with E-state index in [1.54, 1.807) is 53.4 Å². The molecule has 0 N–H and O–H groups in total. The van der Waals surface area contributed by atoms with Gasteiger partial charge in [-0.25, -0.2) is 12.8 Å². The average molecular weight is 460 g/mol. The smallest absolute Gasteiger partial charge is 0.223 e. The zero-order chi connectivity index (χ0) is 21.8. The Labute approximate surface area is 184 Å². The second-order valence-electron chi connectivity index (χ2n) is 7.49. The minimum atomic E-state index is -3.49. The van der Waals surface area contributed by atoms with Gasteiger partial charge in [0, 0.05) is 31.0 Å². The van der Waals surface area contributed by atoms with E-state index in [1.807, 2.05) is 0 Å². The SMILES string of the molecule is O=C(CCS(=O)(=O)c1ccccc1)N1CCC[C@@H](c2nnc(-c3ccccc3F)s2)C1. The zero-order valence-electron chi connectivity index (χ0n) is 16.8. The van der Waals surface area contributed by atoms with Crippen LogP contribution in [-0.4, -0.2) is 48.3 Å². The van der Waals surface area contributed by atoms with Crippen molar-refractivity contribution in [3.8, 4) is 10.6 Å². The first-order valence-corrected chi connectivity index (χ1v) is 12.5. The molecule has 31 heavy (non-hydrogen) atoms. The molecule has 1 aliphatic rings. The van der Waals surface area contributed by atoms with Crippen molar-refractivity contribution in [3.05, 3.63) is 65.4 Å². The summed E-state index contributed by atoms with van der Waals surface area (Å²) in [6.45, 7) is 1.07. The Kier molecular flexibility index (Phi) is 6.43. The van der Waals surface area contributed by atoms with E-state index < -0.39 is 9.84 Å². The summed E-state index contributed by atoms with van der Waals surface area (Å²) in [5, 5.41) is 9.67. The number of likely N-dealkylation sites (tertiary alicyclic amines) is 1. The lowest BCUT2D eigenvalue weighted by Crippen LogP contribution is -2.39. The molecule has 0 saturated carbocycles. The van der Waals surface area contributed by atoms with E-state index in [2.05, 4.69) is 10.2 Å². The van der Waals surface area contributed by atoms with E-state index in [0.29, 0.717) is 23.7 Å². The van der Waals surface area contributed by atoms with Crippen LogP contribution in [0.4, 0.5) is 4.39 Å². The fourth-order valence-electron chi connectivity index (χ4n) is 3.67. The molecule has 1 amide bonds. The molecular weight excluding hydrogens is 437 g/mol. The molecule has 0 radical (unpaired) electrons. The van der Waals surface area contributed by atoms with Crippen molar-refractivity contribution in [3.63, 3.8) is 0 Å². The third-order valence-corrected chi connectivity index (χ3v) is 8.21. The monoisotopic (exact) mass is 459 g/mol. The summed E-state index contributed by atoms with van der Waals surface area (Å²) in [5.41, 5.74) is 0.418. The van der Waals surface area contributed by atoms with Gasteiger partial charge in [0.2, 0.25) is 5.91 Å². The van der Waals surface area contributed by atoms with Gasteiger partial charge in [0.15, 0.2) is 14.8 Å². The number of hydrogen-bond acceptors (Lipinski definition) is 6. The predicted octanol–water partition coefficient (Wildman–Crippen LogP) is 3.91. The Hall–Kier alpha value is -2.65. The normalized spacial score (nSPS) is 16.9. The molecule has 1 fully saturated rings. The number of hydrogen-bond donors (Lipinski definition) is 0. The highest BCUT2D eigenvalue weighted by Crippen LogP contribution is 2.33. The predicted molar refractivity (Wildman–Crippen MR) is 117 cm³/mol. The Balaban J connectivity index is 1.40. The molecule has 2 heterocycles. The van der Waals surface area contributed by atoms with E-state index in [4.69, 9.17) is 0 Å². The molecule has 0 aliphatic carbocycles. The molecule has 1 aliphatic heterocycles. The number of nitrogens with zero attached hydrogens (tertiary/aromatic N) is 3. The number of carbonyl (C=O) groups excluding carboxylic acids is 1. The van der Waals surface area contributed by atoms with Gasteiger partial charge in [-0.05, 0) is 37.1 Å². The van der Waals surface area contributed by atoms with E-state index in [1.165, 1.54) is 17.4 Å². The first-order valence-electron chi connectivity index (χ1n) is 10.1. The summed E-state index contributed by atoms with van der Waals surface area (Å²) in [6, 6.07) is 14.6. The number of piperidine rings is 1. The first-order chi connectivity index (χ1) is 14.9. The van der Waals surface area contributed by atoms with Gasteiger partial charge in [-0.2, -0.15) is 0 Å².